The molecule has 2 atom stereocenters. The van der Waals surface area contributed by atoms with Crippen molar-refractivity contribution in [1.29, 1.82) is 0 Å². The molecule has 0 spiro atoms. The number of alkyl halides is 6. The number of methoxy groups -OCH3 is 1. The van der Waals surface area contributed by atoms with Crippen LogP contribution in [0.3, 0.4) is 0 Å². The number of nitrogens with zero attached hydrogens (tertiary/aromatic N) is 2. The third kappa shape index (κ3) is 11.3. The predicted octanol–water partition coefficient (Wildman–Crippen LogP) is 1.95. The van der Waals surface area contributed by atoms with Crippen molar-refractivity contribution in [2.75, 3.05) is 46.6 Å². The fourth-order valence-corrected chi connectivity index (χ4v) is 3.73. The molecule has 0 saturated carbocycles. The van der Waals surface area contributed by atoms with Crippen molar-refractivity contribution in [3.8, 4) is 0 Å². The summed E-state index contributed by atoms with van der Waals surface area (Å²) in [6.45, 7) is 5.38. The average Bonchev–Trinajstić information content (AvgIpc) is 3.30. The van der Waals surface area contributed by atoms with Gasteiger partial charge in [0.05, 0.1) is 19.8 Å². The van der Waals surface area contributed by atoms with Crippen molar-refractivity contribution in [2.24, 2.45) is 11.3 Å². The maximum Gasteiger partial charge on any atom is 0.490 e. The lowest BCUT2D eigenvalue weighted by Crippen LogP contribution is -2.38. The molecule has 10 nitrogen and oxygen atoms in total. The quantitative estimate of drug-likeness (QED) is 0.345. The Labute approximate surface area is 207 Å². The minimum absolute atomic E-state index is 0.0375. The van der Waals surface area contributed by atoms with E-state index in [1.54, 1.807) is 7.11 Å². The molecule has 3 heterocycles. The number of halogens is 6. The van der Waals surface area contributed by atoms with Gasteiger partial charge in [-0.3, -0.25) is 14.7 Å². The van der Waals surface area contributed by atoms with E-state index in [9.17, 15) is 31.1 Å². The van der Waals surface area contributed by atoms with Crippen LogP contribution in [0.4, 0.5) is 26.3 Å². The summed E-state index contributed by atoms with van der Waals surface area (Å²) in [6, 6.07) is 4.10. The van der Waals surface area contributed by atoms with Gasteiger partial charge in [0, 0.05) is 63.4 Å². The second kappa shape index (κ2) is 14.1. The smallest absolute Gasteiger partial charge is 0.475 e. The zero-order valence-corrected chi connectivity index (χ0v) is 19.6. The van der Waals surface area contributed by atoms with E-state index >= 15 is 0 Å². The monoisotopic (exact) mass is 547 g/mol. The molecule has 3 N–H and O–H groups in total. The minimum Gasteiger partial charge on any atom is -0.475 e. The van der Waals surface area contributed by atoms with Gasteiger partial charge in [-0.2, -0.15) is 26.3 Å². The number of hydrogen-bond acceptors (Lipinski definition) is 7. The third-order valence-electron chi connectivity index (χ3n) is 5.37. The number of rotatable bonds is 7. The van der Waals surface area contributed by atoms with E-state index < -0.39 is 24.3 Å². The molecule has 0 unspecified atom stereocenters. The lowest BCUT2D eigenvalue weighted by molar-refractivity contribution is -0.193. The number of hydrogen-bond donors (Lipinski definition) is 3. The van der Waals surface area contributed by atoms with Gasteiger partial charge in [0.2, 0.25) is 5.91 Å². The topological polar surface area (TPSA) is 138 Å². The second-order valence-corrected chi connectivity index (χ2v) is 8.22. The molecule has 0 bridgehead atoms. The number of amides is 1. The van der Waals surface area contributed by atoms with Crippen LogP contribution in [-0.2, 0) is 30.4 Å². The summed E-state index contributed by atoms with van der Waals surface area (Å²) in [7, 11) is 1.64. The SMILES string of the molecule is COCCNC(=O)C[C@]12COC[C@H]1CN(Cc1ccncc1)C2.O=C(O)C(F)(F)F.O=C(O)C(F)(F)F. The molecule has 0 aromatic carbocycles. The highest BCUT2D eigenvalue weighted by Gasteiger charge is 2.51. The first-order valence-electron chi connectivity index (χ1n) is 10.7. The maximum absolute atomic E-state index is 12.2. The molecule has 37 heavy (non-hydrogen) atoms. The van der Waals surface area contributed by atoms with Gasteiger partial charge in [0.25, 0.3) is 0 Å². The molecule has 2 aliphatic heterocycles. The Morgan fingerprint density at radius 3 is 2.16 bits per heavy atom. The van der Waals surface area contributed by atoms with Crippen LogP contribution >= 0.6 is 0 Å². The normalized spacial score (nSPS) is 21.1. The zero-order valence-electron chi connectivity index (χ0n) is 19.6. The molecule has 1 aromatic rings. The van der Waals surface area contributed by atoms with Crippen molar-refractivity contribution in [3.05, 3.63) is 30.1 Å². The summed E-state index contributed by atoms with van der Waals surface area (Å²) in [5, 5.41) is 17.2. The van der Waals surface area contributed by atoms with E-state index in [1.165, 1.54) is 5.56 Å². The number of carboxylic acids is 2. The Kier molecular flexibility index (Phi) is 12.2. The van der Waals surface area contributed by atoms with Gasteiger partial charge in [0.15, 0.2) is 0 Å². The highest BCUT2D eigenvalue weighted by molar-refractivity contribution is 5.77. The number of carboxylic acid groups (broad SMARTS) is 2. The van der Waals surface area contributed by atoms with Crippen molar-refractivity contribution in [3.63, 3.8) is 0 Å². The van der Waals surface area contributed by atoms with Crippen molar-refractivity contribution >= 4 is 17.8 Å². The zero-order chi connectivity index (χ0) is 28.3. The van der Waals surface area contributed by atoms with Gasteiger partial charge in [0.1, 0.15) is 0 Å². The molecule has 210 valence electrons. The van der Waals surface area contributed by atoms with E-state index in [0.29, 0.717) is 32.1 Å². The van der Waals surface area contributed by atoms with Crippen LogP contribution in [0, 0.1) is 11.3 Å². The van der Waals surface area contributed by atoms with Crippen LogP contribution in [0.5, 0.6) is 0 Å². The summed E-state index contributed by atoms with van der Waals surface area (Å²) in [6.07, 6.45) is -5.98. The Balaban J connectivity index is 0.000000404. The molecular formula is C21H27F6N3O7. The summed E-state index contributed by atoms with van der Waals surface area (Å²) < 4.78 is 74.1. The summed E-state index contributed by atoms with van der Waals surface area (Å²) in [4.78, 5) is 36.5. The lowest BCUT2D eigenvalue weighted by atomic mass is 9.78. The number of pyridine rings is 1. The van der Waals surface area contributed by atoms with E-state index in [2.05, 4.69) is 27.3 Å². The van der Waals surface area contributed by atoms with Crippen LogP contribution < -0.4 is 5.32 Å². The standard InChI is InChI=1S/C17H25N3O3.2C2HF3O2/c1-22-7-6-19-16(21)8-17-12-20(10-15(17)11-23-13-17)9-14-2-4-18-5-3-14;2*3-2(4,5)1(6)7/h2-5,15H,6-13H2,1H3,(H,19,21);2*(H,6,7)/t15-,17+;;/m1../s1. The van der Waals surface area contributed by atoms with E-state index in [-0.39, 0.29) is 11.3 Å². The number of aromatic nitrogens is 1. The van der Waals surface area contributed by atoms with E-state index in [0.717, 1.165) is 26.2 Å². The summed E-state index contributed by atoms with van der Waals surface area (Å²) in [5.41, 5.74) is 1.23. The molecule has 2 saturated heterocycles. The highest BCUT2D eigenvalue weighted by Crippen LogP contribution is 2.44. The second-order valence-electron chi connectivity index (χ2n) is 8.22. The van der Waals surface area contributed by atoms with Crippen molar-refractivity contribution in [2.45, 2.75) is 25.3 Å². The molecule has 1 aromatic heterocycles. The largest absolute Gasteiger partial charge is 0.490 e. The Hall–Kier alpha value is -2.98. The Morgan fingerprint density at radius 1 is 1.14 bits per heavy atom. The summed E-state index contributed by atoms with van der Waals surface area (Å²) >= 11 is 0. The van der Waals surface area contributed by atoms with Gasteiger partial charge in [-0.25, -0.2) is 9.59 Å². The van der Waals surface area contributed by atoms with Gasteiger partial charge in [-0.05, 0) is 17.7 Å². The number of carbonyl (C=O) groups is 3. The number of nitrogens with one attached hydrogen (secondary N) is 1. The van der Waals surface area contributed by atoms with Gasteiger partial charge < -0.3 is 25.0 Å². The van der Waals surface area contributed by atoms with Gasteiger partial charge in [-0.15, -0.1) is 0 Å². The first kappa shape index (κ1) is 32.0. The molecule has 1 amide bonds. The number of carbonyl (C=O) groups excluding carboxylic acids is 1. The van der Waals surface area contributed by atoms with Crippen LogP contribution in [0.15, 0.2) is 24.5 Å². The van der Waals surface area contributed by atoms with E-state index in [4.69, 9.17) is 29.3 Å². The molecule has 0 aliphatic carbocycles. The number of likely N-dealkylation sites (tertiary alicyclic amines) is 1. The minimum atomic E-state index is -5.08. The number of ether oxygens (including phenoxy) is 2. The highest BCUT2D eigenvalue weighted by atomic mass is 19.4. The average molecular weight is 547 g/mol. The predicted molar refractivity (Wildman–Crippen MR) is 113 cm³/mol. The van der Waals surface area contributed by atoms with Gasteiger partial charge in [-0.1, -0.05) is 0 Å². The van der Waals surface area contributed by atoms with Crippen LogP contribution in [0.2, 0.25) is 0 Å². The van der Waals surface area contributed by atoms with Crippen molar-refractivity contribution in [1.82, 2.24) is 15.2 Å². The number of fused-ring (bicyclic) bond motifs is 1. The Bertz CT molecular complexity index is 862. The molecule has 16 heteroatoms. The van der Waals surface area contributed by atoms with Crippen molar-refractivity contribution < 1.29 is 60.4 Å². The van der Waals surface area contributed by atoms with E-state index in [1.807, 2.05) is 12.4 Å². The first-order valence-corrected chi connectivity index (χ1v) is 10.7. The van der Waals surface area contributed by atoms with Crippen LogP contribution in [0.1, 0.15) is 12.0 Å². The first-order chi connectivity index (χ1) is 17.1. The lowest BCUT2D eigenvalue weighted by Gasteiger charge is -2.26. The van der Waals surface area contributed by atoms with Crippen LogP contribution in [0.25, 0.3) is 0 Å². The molecule has 3 rings (SSSR count). The Morgan fingerprint density at radius 2 is 1.68 bits per heavy atom. The molecular weight excluding hydrogens is 520 g/mol. The summed E-state index contributed by atoms with van der Waals surface area (Å²) in [5.74, 6) is -4.97. The third-order valence-corrected chi connectivity index (χ3v) is 5.37. The fraction of sp³-hybridized carbons (Fsp3) is 0.619. The molecule has 2 fully saturated rings. The van der Waals surface area contributed by atoms with Crippen LogP contribution in [-0.4, -0.2) is 96.9 Å². The molecule has 0 radical (unpaired) electrons. The fourth-order valence-electron chi connectivity index (χ4n) is 3.73. The number of aliphatic carboxylic acids is 2. The molecule has 2 aliphatic rings. The van der Waals surface area contributed by atoms with Gasteiger partial charge >= 0.3 is 24.3 Å². The maximum atomic E-state index is 12.2.